The maximum atomic E-state index is 13.4. The molecule has 1 aromatic rings. The molecule has 5 nitrogen and oxygen atoms in total. The van der Waals surface area contributed by atoms with Crippen molar-refractivity contribution in [3.05, 3.63) is 30.1 Å². The van der Waals surface area contributed by atoms with Crippen LogP contribution in [-0.4, -0.2) is 17.9 Å². The summed E-state index contributed by atoms with van der Waals surface area (Å²) in [6.45, 7) is 1.49. The standard InChI is InChI=1S/C15H19FN2O3/c1-10(21-13-9-5-4-8-12(13)16)14(19)17-18-15(20)11-6-2-3-7-11/h4-5,8-11H,2-3,6-7H2,1H3,(H,17,19)(H,18,20). The Morgan fingerprint density at radius 1 is 1.24 bits per heavy atom. The van der Waals surface area contributed by atoms with E-state index in [1.807, 2.05) is 0 Å². The third kappa shape index (κ3) is 4.18. The zero-order chi connectivity index (χ0) is 15.2. The number of benzene rings is 1. The number of para-hydroxylation sites is 1. The molecular formula is C15H19FN2O3. The quantitative estimate of drug-likeness (QED) is 0.834. The highest BCUT2D eigenvalue weighted by molar-refractivity contribution is 5.85. The Morgan fingerprint density at radius 3 is 2.57 bits per heavy atom. The molecule has 1 unspecified atom stereocenters. The highest BCUT2D eigenvalue weighted by Crippen LogP contribution is 2.24. The summed E-state index contributed by atoms with van der Waals surface area (Å²) in [7, 11) is 0. The number of hydrogen-bond donors (Lipinski definition) is 2. The highest BCUT2D eigenvalue weighted by Gasteiger charge is 2.24. The van der Waals surface area contributed by atoms with Gasteiger partial charge in [0, 0.05) is 5.92 Å². The molecule has 0 saturated heterocycles. The van der Waals surface area contributed by atoms with Crippen molar-refractivity contribution >= 4 is 11.8 Å². The molecule has 0 radical (unpaired) electrons. The Kier molecular flexibility index (Phi) is 5.14. The number of ether oxygens (including phenoxy) is 1. The maximum absolute atomic E-state index is 13.4. The van der Waals surface area contributed by atoms with E-state index < -0.39 is 17.8 Å². The molecule has 21 heavy (non-hydrogen) atoms. The SMILES string of the molecule is CC(Oc1ccccc1F)C(=O)NNC(=O)C1CCCC1. The predicted molar refractivity (Wildman–Crippen MR) is 74.7 cm³/mol. The average molecular weight is 294 g/mol. The van der Waals surface area contributed by atoms with Crippen LogP contribution in [0.2, 0.25) is 0 Å². The first-order valence-electron chi connectivity index (χ1n) is 7.09. The van der Waals surface area contributed by atoms with Crippen molar-refractivity contribution in [1.82, 2.24) is 10.9 Å². The maximum Gasteiger partial charge on any atom is 0.279 e. The molecule has 0 bridgehead atoms. The van der Waals surface area contributed by atoms with Gasteiger partial charge < -0.3 is 4.74 Å². The van der Waals surface area contributed by atoms with Crippen LogP contribution in [0.4, 0.5) is 4.39 Å². The Balaban J connectivity index is 1.80. The topological polar surface area (TPSA) is 67.4 Å². The number of carbonyl (C=O) groups excluding carboxylic acids is 2. The fourth-order valence-electron chi connectivity index (χ4n) is 2.30. The molecule has 1 aromatic carbocycles. The van der Waals surface area contributed by atoms with Gasteiger partial charge in [-0.3, -0.25) is 20.4 Å². The summed E-state index contributed by atoms with van der Waals surface area (Å²) in [5, 5.41) is 0. The number of nitrogens with one attached hydrogen (secondary N) is 2. The summed E-state index contributed by atoms with van der Waals surface area (Å²) in [4.78, 5) is 23.6. The van der Waals surface area contributed by atoms with Crippen molar-refractivity contribution in [1.29, 1.82) is 0 Å². The molecule has 1 aliphatic carbocycles. The fraction of sp³-hybridized carbons (Fsp3) is 0.467. The molecule has 1 atom stereocenters. The van der Waals surface area contributed by atoms with Crippen LogP contribution in [0, 0.1) is 11.7 Å². The molecule has 2 N–H and O–H groups in total. The third-order valence-corrected chi connectivity index (χ3v) is 3.54. The summed E-state index contributed by atoms with van der Waals surface area (Å²) in [6, 6.07) is 5.84. The van der Waals surface area contributed by atoms with Crippen molar-refractivity contribution in [3.63, 3.8) is 0 Å². The van der Waals surface area contributed by atoms with Gasteiger partial charge in [-0.15, -0.1) is 0 Å². The van der Waals surface area contributed by atoms with Crippen LogP contribution in [0.15, 0.2) is 24.3 Å². The Morgan fingerprint density at radius 2 is 1.90 bits per heavy atom. The summed E-state index contributed by atoms with van der Waals surface area (Å²) in [5.41, 5.74) is 4.71. The second kappa shape index (κ2) is 7.06. The third-order valence-electron chi connectivity index (χ3n) is 3.54. The lowest BCUT2D eigenvalue weighted by atomic mass is 10.1. The second-order valence-corrected chi connectivity index (χ2v) is 5.15. The van der Waals surface area contributed by atoms with E-state index in [0.29, 0.717) is 0 Å². The smallest absolute Gasteiger partial charge is 0.279 e. The van der Waals surface area contributed by atoms with Gasteiger partial charge in [-0.2, -0.15) is 0 Å². The van der Waals surface area contributed by atoms with Crippen LogP contribution in [0.25, 0.3) is 0 Å². The number of halogens is 1. The minimum absolute atomic E-state index is 0.00210. The number of hydrogen-bond acceptors (Lipinski definition) is 3. The lowest BCUT2D eigenvalue weighted by Crippen LogP contribution is -2.48. The van der Waals surface area contributed by atoms with Crippen LogP contribution in [0.5, 0.6) is 5.75 Å². The van der Waals surface area contributed by atoms with Crippen molar-refractivity contribution in [3.8, 4) is 5.75 Å². The van der Waals surface area contributed by atoms with Crippen LogP contribution >= 0.6 is 0 Å². The minimum Gasteiger partial charge on any atom is -0.478 e. The summed E-state index contributed by atoms with van der Waals surface area (Å²) >= 11 is 0. The van der Waals surface area contributed by atoms with Crippen molar-refractivity contribution < 1.29 is 18.7 Å². The van der Waals surface area contributed by atoms with Crippen LogP contribution in [0.1, 0.15) is 32.6 Å². The summed E-state index contributed by atoms with van der Waals surface area (Å²) in [5.74, 6) is -1.27. The molecule has 2 rings (SSSR count). The highest BCUT2D eigenvalue weighted by atomic mass is 19.1. The predicted octanol–water partition coefficient (Wildman–Crippen LogP) is 1.93. The average Bonchev–Trinajstić information content (AvgIpc) is 3.01. The van der Waals surface area contributed by atoms with Gasteiger partial charge in [0.1, 0.15) is 0 Å². The molecule has 1 aliphatic rings. The van der Waals surface area contributed by atoms with E-state index in [1.54, 1.807) is 6.07 Å². The Hall–Kier alpha value is -2.11. The van der Waals surface area contributed by atoms with E-state index in [4.69, 9.17) is 4.74 Å². The van der Waals surface area contributed by atoms with Gasteiger partial charge in [0.15, 0.2) is 17.7 Å². The van der Waals surface area contributed by atoms with Gasteiger partial charge in [-0.25, -0.2) is 4.39 Å². The number of hydrazine groups is 1. The van der Waals surface area contributed by atoms with Crippen LogP contribution < -0.4 is 15.6 Å². The molecule has 0 spiro atoms. The molecule has 0 heterocycles. The van der Waals surface area contributed by atoms with Crippen molar-refractivity contribution in [2.75, 3.05) is 0 Å². The second-order valence-electron chi connectivity index (χ2n) is 5.15. The first kappa shape index (κ1) is 15.3. The van der Waals surface area contributed by atoms with E-state index in [2.05, 4.69) is 10.9 Å². The van der Waals surface area contributed by atoms with E-state index in [9.17, 15) is 14.0 Å². The molecule has 1 fully saturated rings. The zero-order valence-electron chi connectivity index (χ0n) is 11.9. The Labute approximate surface area is 122 Å². The van der Waals surface area contributed by atoms with Gasteiger partial charge in [0.2, 0.25) is 5.91 Å². The molecule has 0 aliphatic heterocycles. The molecule has 6 heteroatoms. The minimum atomic E-state index is -0.911. The molecule has 114 valence electrons. The van der Waals surface area contributed by atoms with Gasteiger partial charge in [-0.1, -0.05) is 25.0 Å². The Bertz CT molecular complexity index is 515. The summed E-state index contributed by atoms with van der Waals surface area (Å²) < 4.78 is 18.6. The largest absolute Gasteiger partial charge is 0.478 e. The van der Waals surface area contributed by atoms with E-state index >= 15 is 0 Å². The van der Waals surface area contributed by atoms with E-state index in [-0.39, 0.29) is 17.6 Å². The van der Waals surface area contributed by atoms with E-state index in [1.165, 1.54) is 25.1 Å². The molecular weight excluding hydrogens is 275 g/mol. The van der Waals surface area contributed by atoms with Gasteiger partial charge in [0.05, 0.1) is 0 Å². The van der Waals surface area contributed by atoms with Crippen molar-refractivity contribution in [2.24, 2.45) is 5.92 Å². The molecule has 0 aromatic heterocycles. The van der Waals surface area contributed by atoms with Gasteiger partial charge >= 0.3 is 0 Å². The van der Waals surface area contributed by atoms with Gasteiger partial charge in [-0.05, 0) is 31.9 Å². The molecule has 1 saturated carbocycles. The fourth-order valence-corrected chi connectivity index (χ4v) is 2.30. The van der Waals surface area contributed by atoms with Crippen LogP contribution in [0.3, 0.4) is 0 Å². The lowest BCUT2D eigenvalue weighted by molar-refractivity contribution is -0.134. The van der Waals surface area contributed by atoms with Gasteiger partial charge in [0.25, 0.3) is 5.91 Å². The summed E-state index contributed by atoms with van der Waals surface area (Å²) in [6.07, 6.45) is 2.87. The first-order chi connectivity index (χ1) is 10.1. The lowest BCUT2D eigenvalue weighted by Gasteiger charge is -2.16. The normalized spacial score (nSPS) is 16.3. The monoisotopic (exact) mass is 294 g/mol. The first-order valence-corrected chi connectivity index (χ1v) is 7.09. The number of rotatable bonds is 4. The number of carbonyl (C=O) groups is 2. The van der Waals surface area contributed by atoms with E-state index in [0.717, 1.165) is 25.7 Å². The van der Waals surface area contributed by atoms with Crippen LogP contribution in [-0.2, 0) is 9.59 Å². The number of amides is 2. The van der Waals surface area contributed by atoms with Crippen molar-refractivity contribution in [2.45, 2.75) is 38.7 Å². The zero-order valence-corrected chi connectivity index (χ0v) is 11.9. The molecule has 2 amide bonds.